The molecule has 16 heavy (non-hydrogen) atoms. The van der Waals surface area contributed by atoms with Gasteiger partial charge in [0.2, 0.25) is 0 Å². The van der Waals surface area contributed by atoms with Crippen LogP contribution < -0.4 is 0 Å². The summed E-state index contributed by atoms with van der Waals surface area (Å²) in [5.74, 6) is 0.876. The monoisotopic (exact) mass is 217 g/mol. The van der Waals surface area contributed by atoms with Crippen LogP contribution in [0.25, 0.3) is 0 Å². The van der Waals surface area contributed by atoms with Crippen LogP contribution in [0.15, 0.2) is 18.3 Å². The summed E-state index contributed by atoms with van der Waals surface area (Å²) in [6, 6.07) is 4.21. The molecular weight excluding hydrogens is 198 g/mol. The van der Waals surface area contributed by atoms with Gasteiger partial charge in [0.05, 0.1) is 0 Å². The van der Waals surface area contributed by atoms with Gasteiger partial charge in [-0.25, -0.2) is 0 Å². The van der Waals surface area contributed by atoms with Crippen molar-refractivity contribution in [3.8, 4) is 0 Å². The van der Waals surface area contributed by atoms with E-state index in [1.54, 1.807) is 0 Å². The van der Waals surface area contributed by atoms with Crippen LogP contribution in [0.3, 0.4) is 0 Å². The summed E-state index contributed by atoms with van der Waals surface area (Å²) in [5, 5.41) is 0. The van der Waals surface area contributed by atoms with Crippen molar-refractivity contribution in [1.82, 2.24) is 4.98 Å². The number of carbonyl (C=O) groups excluding carboxylic acids is 1. The number of pyridine rings is 1. The Hall–Kier alpha value is -1.18. The number of carbonyl (C=O) groups is 1. The molecule has 2 rings (SSSR count). The lowest BCUT2D eigenvalue weighted by atomic mass is 10.1. The Morgan fingerprint density at radius 2 is 2.25 bits per heavy atom. The number of hydrogen-bond acceptors (Lipinski definition) is 2. The Labute approximate surface area is 97.1 Å². The molecule has 1 fully saturated rings. The van der Waals surface area contributed by atoms with E-state index in [2.05, 4.69) is 24.0 Å². The van der Waals surface area contributed by atoms with Gasteiger partial charge < -0.3 is 0 Å². The van der Waals surface area contributed by atoms with Crippen molar-refractivity contribution in [2.45, 2.75) is 45.4 Å². The average molecular weight is 217 g/mol. The van der Waals surface area contributed by atoms with Gasteiger partial charge in [0.25, 0.3) is 0 Å². The fourth-order valence-corrected chi connectivity index (χ4v) is 1.87. The highest BCUT2D eigenvalue weighted by molar-refractivity contribution is 5.83. The fourth-order valence-electron chi connectivity index (χ4n) is 1.87. The van der Waals surface area contributed by atoms with Gasteiger partial charge in [0, 0.05) is 24.2 Å². The standard InChI is InChI=1S/C14H19NO/c1-2-11-6-9-13(15-10-11)4-3-5-14(16)12-7-8-12/h6,9-10,12H,2-5,7-8H2,1H3. The molecule has 0 saturated heterocycles. The molecule has 0 atom stereocenters. The Morgan fingerprint density at radius 3 is 2.81 bits per heavy atom. The molecule has 1 aliphatic carbocycles. The number of rotatable bonds is 6. The molecule has 1 heterocycles. The van der Waals surface area contributed by atoms with Gasteiger partial charge in [0.1, 0.15) is 5.78 Å². The van der Waals surface area contributed by atoms with E-state index < -0.39 is 0 Å². The molecule has 2 heteroatoms. The second kappa shape index (κ2) is 5.24. The zero-order valence-corrected chi connectivity index (χ0v) is 9.91. The highest BCUT2D eigenvalue weighted by Crippen LogP contribution is 2.31. The highest BCUT2D eigenvalue weighted by atomic mass is 16.1. The molecule has 0 spiro atoms. The van der Waals surface area contributed by atoms with Gasteiger partial charge in [-0.15, -0.1) is 0 Å². The maximum absolute atomic E-state index is 11.5. The molecule has 1 saturated carbocycles. The van der Waals surface area contributed by atoms with Crippen LogP contribution in [0.5, 0.6) is 0 Å². The van der Waals surface area contributed by atoms with Gasteiger partial charge in [-0.2, -0.15) is 0 Å². The molecule has 0 N–H and O–H groups in total. The maximum atomic E-state index is 11.5. The van der Waals surface area contributed by atoms with E-state index in [-0.39, 0.29) is 0 Å². The first-order valence-electron chi connectivity index (χ1n) is 6.26. The Bertz CT molecular complexity index is 352. The van der Waals surface area contributed by atoms with Crippen LogP contribution in [0.1, 0.15) is 43.9 Å². The average Bonchev–Trinajstić information content (AvgIpc) is 3.14. The van der Waals surface area contributed by atoms with Crippen LogP contribution in [0.2, 0.25) is 0 Å². The van der Waals surface area contributed by atoms with Crippen molar-refractivity contribution in [2.24, 2.45) is 5.92 Å². The summed E-state index contributed by atoms with van der Waals surface area (Å²) < 4.78 is 0. The quantitative estimate of drug-likeness (QED) is 0.733. The molecule has 0 bridgehead atoms. The van der Waals surface area contributed by atoms with Crippen molar-refractivity contribution >= 4 is 5.78 Å². The number of Topliss-reactive ketones (excluding diaryl/α,β-unsaturated/α-hetero) is 1. The van der Waals surface area contributed by atoms with Crippen molar-refractivity contribution in [2.75, 3.05) is 0 Å². The molecule has 1 aromatic heterocycles. The highest BCUT2D eigenvalue weighted by Gasteiger charge is 2.28. The second-order valence-corrected chi connectivity index (χ2v) is 4.61. The molecule has 0 aliphatic heterocycles. The molecule has 2 nitrogen and oxygen atoms in total. The lowest BCUT2D eigenvalue weighted by Gasteiger charge is -2.01. The predicted octanol–water partition coefficient (Wildman–Crippen LogP) is 2.95. The lowest BCUT2D eigenvalue weighted by molar-refractivity contribution is -0.120. The van der Waals surface area contributed by atoms with Gasteiger partial charge in [0.15, 0.2) is 0 Å². The summed E-state index contributed by atoms with van der Waals surface area (Å²) in [6.07, 6.45) is 7.86. The lowest BCUT2D eigenvalue weighted by Crippen LogP contribution is -2.01. The number of hydrogen-bond donors (Lipinski definition) is 0. The fraction of sp³-hybridized carbons (Fsp3) is 0.571. The smallest absolute Gasteiger partial charge is 0.135 e. The topological polar surface area (TPSA) is 30.0 Å². The third kappa shape index (κ3) is 3.16. The first kappa shape index (κ1) is 11.3. The molecule has 1 aliphatic rings. The molecule has 0 aromatic carbocycles. The minimum atomic E-state index is 0.412. The van der Waals surface area contributed by atoms with Crippen molar-refractivity contribution in [3.05, 3.63) is 29.6 Å². The molecule has 86 valence electrons. The van der Waals surface area contributed by atoms with E-state index in [4.69, 9.17) is 0 Å². The van der Waals surface area contributed by atoms with Gasteiger partial charge >= 0.3 is 0 Å². The zero-order chi connectivity index (χ0) is 11.4. The third-order valence-electron chi connectivity index (χ3n) is 3.18. The van der Waals surface area contributed by atoms with E-state index >= 15 is 0 Å². The van der Waals surface area contributed by atoms with Gasteiger partial charge in [-0.3, -0.25) is 9.78 Å². The summed E-state index contributed by atoms with van der Waals surface area (Å²) in [6.45, 7) is 2.13. The molecule has 0 radical (unpaired) electrons. The van der Waals surface area contributed by atoms with E-state index in [0.717, 1.165) is 44.2 Å². The van der Waals surface area contributed by atoms with E-state index in [9.17, 15) is 4.79 Å². The van der Waals surface area contributed by atoms with E-state index in [0.29, 0.717) is 11.7 Å². The van der Waals surface area contributed by atoms with Crippen LogP contribution in [0.4, 0.5) is 0 Å². The van der Waals surface area contributed by atoms with Crippen LogP contribution in [-0.2, 0) is 17.6 Å². The first-order chi connectivity index (χ1) is 7.79. The number of nitrogens with zero attached hydrogens (tertiary/aromatic N) is 1. The minimum absolute atomic E-state index is 0.412. The summed E-state index contributed by atoms with van der Waals surface area (Å²) in [5.41, 5.74) is 2.39. The normalized spacial score (nSPS) is 15.1. The summed E-state index contributed by atoms with van der Waals surface area (Å²) >= 11 is 0. The largest absolute Gasteiger partial charge is 0.299 e. The van der Waals surface area contributed by atoms with E-state index in [1.807, 2.05) is 6.20 Å². The Kier molecular flexibility index (Phi) is 3.70. The minimum Gasteiger partial charge on any atom is -0.299 e. The van der Waals surface area contributed by atoms with Gasteiger partial charge in [-0.05, 0) is 43.7 Å². The predicted molar refractivity (Wildman–Crippen MR) is 64.3 cm³/mol. The van der Waals surface area contributed by atoms with Crippen molar-refractivity contribution in [1.29, 1.82) is 0 Å². The van der Waals surface area contributed by atoms with Crippen molar-refractivity contribution in [3.63, 3.8) is 0 Å². The molecule has 0 unspecified atom stereocenters. The van der Waals surface area contributed by atoms with Crippen LogP contribution >= 0.6 is 0 Å². The maximum Gasteiger partial charge on any atom is 0.135 e. The van der Waals surface area contributed by atoms with E-state index in [1.165, 1.54) is 5.56 Å². The zero-order valence-electron chi connectivity index (χ0n) is 9.91. The number of aromatic nitrogens is 1. The Balaban J connectivity index is 1.73. The molecular formula is C14H19NO. The molecule has 0 amide bonds. The Morgan fingerprint density at radius 1 is 1.44 bits per heavy atom. The van der Waals surface area contributed by atoms with Gasteiger partial charge in [-0.1, -0.05) is 13.0 Å². The summed E-state index contributed by atoms with van der Waals surface area (Å²) in [4.78, 5) is 15.9. The SMILES string of the molecule is CCc1ccc(CCCC(=O)C2CC2)nc1. The van der Waals surface area contributed by atoms with Crippen molar-refractivity contribution < 1.29 is 4.79 Å². The number of aryl methyl sites for hydroxylation is 2. The van der Waals surface area contributed by atoms with Crippen LogP contribution in [0, 0.1) is 5.92 Å². The third-order valence-corrected chi connectivity index (χ3v) is 3.18. The first-order valence-corrected chi connectivity index (χ1v) is 6.26. The summed E-state index contributed by atoms with van der Waals surface area (Å²) in [7, 11) is 0. The number of ketones is 1. The van der Waals surface area contributed by atoms with Crippen LogP contribution in [-0.4, -0.2) is 10.8 Å². The molecule has 1 aromatic rings. The second-order valence-electron chi connectivity index (χ2n) is 4.61.